The molecule has 0 saturated carbocycles. The smallest absolute Gasteiger partial charge is 0.226 e. The van der Waals surface area contributed by atoms with Crippen molar-refractivity contribution in [3.8, 4) is 17.2 Å². The van der Waals surface area contributed by atoms with Gasteiger partial charge in [-0.15, -0.1) is 0 Å². The average Bonchev–Trinajstić information content (AvgIpc) is 2.76. The fourth-order valence-electron chi connectivity index (χ4n) is 3.29. The Morgan fingerprint density at radius 1 is 0.903 bits per heavy atom. The second-order valence-electron chi connectivity index (χ2n) is 7.39. The minimum absolute atomic E-state index is 0.0124. The highest BCUT2D eigenvalue weighted by Gasteiger charge is 2.23. The summed E-state index contributed by atoms with van der Waals surface area (Å²) >= 11 is 3.47. The van der Waals surface area contributed by atoms with Crippen LogP contribution < -0.4 is 9.47 Å². The number of benzene rings is 2. The minimum atomic E-state index is 0.0124. The molecule has 1 aliphatic rings. The van der Waals surface area contributed by atoms with Crippen molar-refractivity contribution >= 4 is 27.7 Å². The zero-order chi connectivity index (χ0) is 22.2. The van der Waals surface area contributed by atoms with Crippen LogP contribution in [0.15, 0.2) is 46.9 Å². The first-order valence-corrected chi connectivity index (χ1v) is 11.1. The molecule has 1 N–H and O–H groups in total. The molecule has 8 heteroatoms. The van der Waals surface area contributed by atoms with Crippen molar-refractivity contribution in [1.29, 1.82) is 0 Å². The van der Waals surface area contributed by atoms with Crippen molar-refractivity contribution in [2.45, 2.75) is 19.8 Å². The molecule has 0 bridgehead atoms. The molecule has 0 spiro atoms. The number of rotatable bonds is 8. The molecule has 0 atom stereocenters. The molecule has 31 heavy (non-hydrogen) atoms. The summed E-state index contributed by atoms with van der Waals surface area (Å²) in [5.74, 6) is 1.55. The SMILES string of the molecule is Cc1ccc(OCCC(=O)N2CCN(C(=O)CCOc3ccc(O)cc3)CC2)c(Br)c1. The molecule has 0 aliphatic carbocycles. The maximum absolute atomic E-state index is 12.4. The van der Waals surface area contributed by atoms with E-state index in [9.17, 15) is 14.7 Å². The molecule has 0 unspecified atom stereocenters. The Morgan fingerprint density at radius 3 is 2.00 bits per heavy atom. The zero-order valence-electron chi connectivity index (χ0n) is 17.6. The number of phenols is 1. The van der Waals surface area contributed by atoms with Gasteiger partial charge in [0.15, 0.2) is 0 Å². The first-order chi connectivity index (χ1) is 14.9. The fourth-order valence-corrected chi connectivity index (χ4v) is 3.90. The molecular weight excluding hydrogens is 464 g/mol. The summed E-state index contributed by atoms with van der Waals surface area (Å²) in [6.45, 7) is 4.69. The summed E-state index contributed by atoms with van der Waals surface area (Å²) in [6, 6.07) is 12.2. The molecule has 166 valence electrons. The van der Waals surface area contributed by atoms with Gasteiger partial charge in [-0.25, -0.2) is 0 Å². The highest BCUT2D eigenvalue weighted by molar-refractivity contribution is 9.10. The topological polar surface area (TPSA) is 79.3 Å². The summed E-state index contributed by atoms with van der Waals surface area (Å²) in [7, 11) is 0. The molecule has 0 radical (unpaired) electrons. The normalized spacial score (nSPS) is 13.7. The van der Waals surface area contributed by atoms with E-state index in [-0.39, 0.29) is 30.6 Å². The predicted octanol–water partition coefficient (Wildman–Crippen LogP) is 3.37. The van der Waals surface area contributed by atoms with Gasteiger partial charge in [-0.2, -0.15) is 0 Å². The van der Waals surface area contributed by atoms with E-state index in [1.54, 1.807) is 21.9 Å². The van der Waals surface area contributed by atoms with E-state index in [4.69, 9.17) is 9.47 Å². The predicted molar refractivity (Wildman–Crippen MR) is 120 cm³/mol. The number of ether oxygens (including phenoxy) is 2. The number of carbonyl (C=O) groups is 2. The van der Waals surface area contributed by atoms with Crippen LogP contribution in [0.25, 0.3) is 0 Å². The Morgan fingerprint density at radius 2 is 1.45 bits per heavy atom. The first-order valence-electron chi connectivity index (χ1n) is 10.3. The number of aromatic hydroxyl groups is 1. The van der Waals surface area contributed by atoms with E-state index < -0.39 is 0 Å². The Balaban J connectivity index is 1.33. The van der Waals surface area contributed by atoms with Crippen molar-refractivity contribution in [2.75, 3.05) is 39.4 Å². The third-order valence-corrected chi connectivity index (χ3v) is 5.69. The summed E-state index contributed by atoms with van der Waals surface area (Å²) in [4.78, 5) is 28.4. The van der Waals surface area contributed by atoms with Crippen molar-refractivity contribution in [3.05, 3.63) is 52.5 Å². The van der Waals surface area contributed by atoms with E-state index in [0.29, 0.717) is 45.0 Å². The van der Waals surface area contributed by atoms with Gasteiger partial charge in [-0.3, -0.25) is 9.59 Å². The fraction of sp³-hybridized carbons (Fsp3) is 0.391. The molecular formula is C23H27BrN2O5. The number of aryl methyl sites for hydroxylation is 1. The second kappa shape index (κ2) is 11.0. The largest absolute Gasteiger partial charge is 0.508 e. The number of piperazine rings is 1. The average molecular weight is 491 g/mol. The lowest BCUT2D eigenvalue weighted by molar-refractivity contribution is -0.140. The third kappa shape index (κ3) is 6.89. The van der Waals surface area contributed by atoms with Crippen LogP contribution in [0.1, 0.15) is 18.4 Å². The molecule has 2 amide bonds. The number of halogens is 1. The number of hydrogen-bond acceptors (Lipinski definition) is 5. The van der Waals surface area contributed by atoms with Crippen LogP contribution in [0.5, 0.6) is 17.2 Å². The van der Waals surface area contributed by atoms with Gasteiger partial charge in [-0.05, 0) is 64.8 Å². The lowest BCUT2D eigenvalue weighted by atomic mass is 10.2. The molecule has 2 aromatic carbocycles. The van der Waals surface area contributed by atoms with Crippen LogP contribution in [0.3, 0.4) is 0 Å². The maximum atomic E-state index is 12.4. The number of hydrogen-bond donors (Lipinski definition) is 1. The maximum Gasteiger partial charge on any atom is 0.226 e. The van der Waals surface area contributed by atoms with Crippen molar-refractivity contribution in [2.24, 2.45) is 0 Å². The highest BCUT2D eigenvalue weighted by atomic mass is 79.9. The Bertz CT molecular complexity index is 895. The van der Waals surface area contributed by atoms with E-state index in [0.717, 1.165) is 15.8 Å². The van der Waals surface area contributed by atoms with Gasteiger partial charge in [0.1, 0.15) is 17.2 Å². The monoisotopic (exact) mass is 490 g/mol. The Kier molecular flexibility index (Phi) is 8.17. The number of carbonyl (C=O) groups excluding carboxylic acids is 2. The van der Waals surface area contributed by atoms with E-state index >= 15 is 0 Å². The van der Waals surface area contributed by atoms with Crippen LogP contribution in [0.4, 0.5) is 0 Å². The highest BCUT2D eigenvalue weighted by Crippen LogP contribution is 2.25. The molecule has 3 rings (SSSR count). The molecule has 7 nitrogen and oxygen atoms in total. The third-order valence-electron chi connectivity index (χ3n) is 5.07. The van der Waals surface area contributed by atoms with Gasteiger partial charge in [-0.1, -0.05) is 6.07 Å². The van der Waals surface area contributed by atoms with Crippen LogP contribution >= 0.6 is 15.9 Å². The van der Waals surface area contributed by atoms with E-state index in [2.05, 4.69) is 15.9 Å². The van der Waals surface area contributed by atoms with Crippen LogP contribution in [-0.2, 0) is 9.59 Å². The summed E-state index contributed by atoms with van der Waals surface area (Å²) in [5, 5.41) is 9.27. The second-order valence-corrected chi connectivity index (χ2v) is 8.24. The lowest BCUT2D eigenvalue weighted by Gasteiger charge is -2.35. The summed E-state index contributed by atoms with van der Waals surface area (Å²) in [6.07, 6.45) is 0.572. The van der Waals surface area contributed by atoms with Gasteiger partial charge < -0.3 is 24.4 Å². The molecule has 1 heterocycles. The first kappa shape index (κ1) is 22.9. The summed E-state index contributed by atoms with van der Waals surface area (Å²) < 4.78 is 12.1. The standard InChI is InChI=1S/C23H27BrN2O5/c1-17-2-7-21(20(24)16-17)31-15-9-23(29)26-12-10-25(11-13-26)22(28)8-14-30-19-5-3-18(27)4-6-19/h2-7,16,27H,8-15H2,1H3. The Labute approximate surface area is 190 Å². The van der Waals surface area contributed by atoms with Crippen LogP contribution in [0, 0.1) is 6.92 Å². The Hall–Kier alpha value is -2.74. The van der Waals surface area contributed by atoms with Crippen LogP contribution in [-0.4, -0.2) is 66.1 Å². The minimum Gasteiger partial charge on any atom is -0.508 e. The van der Waals surface area contributed by atoms with Gasteiger partial charge in [0.25, 0.3) is 0 Å². The van der Waals surface area contributed by atoms with Gasteiger partial charge in [0, 0.05) is 26.2 Å². The van der Waals surface area contributed by atoms with Gasteiger partial charge in [0.2, 0.25) is 11.8 Å². The lowest BCUT2D eigenvalue weighted by Crippen LogP contribution is -2.51. The van der Waals surface area contributed by atoms with Gasteiger partial charge >= 0.3 is 0 Å². The van der Waals surface area contributed by atoms with E-state index in [1.165, 1.54) is 12.1 Å². The van der Waals surface area contributed by atoms with Gasteiger partial charge in [0.05, 0.1) is 30.5 Å². The van der Waals surface area contributed by atoms with Crippen molar-refractivity contribution in [3.63, 3.8) is 0 Å². The molecule has 2 aromatic rings. The van der Waals surface area contributed by atoms with Crippen LogP contribution in [0.2, 0.25) is 0 Å². The number of phenolic OH excluding ortho intramolecular Hbond substituents is 1. The van der Waals surface area contributed by atoms with Crippen molar-refractivity contribution in [1.82, 2.24) is 9.80 Å². The molecule has 1 fully saturated rings. The number of amides is 2. The summed E-state index contributed by atoms with van der Waals surface area (Å²) in [5.41, 5.74) is 1.13. The van der Waals surface area contributed by atoms with Crippen molar-refractivity contribution < 1.29 is 24.2 Å². The number of nitrogens with zero attached hydrogens (tertiary/aromatic N) is 2. The zero-order valence-corrected chi connectivity index (χ0v) is 19.1. The van der Waals surface area contributed by atoms with E-state index in [1.807, 2.05) is 25.1 Å². The molecule has 0 aromatic heterocycles. The molecule has 1 saturated heterocycles. The molecule has 1 aliphatic heterocycles. The quantitative estimate of drug-likeness (QED) is 0.613.